The molecule has 3 rings (SSSR count). The number of amides is 1. The molecule has 33 heavy (non-hydrogen) atoms. The van der Waals surface area contributed by atoms with Gasteiger partial charge < -0.3 is 5.32 Å². The van der Waals surface area contributed by atoms with Gasteiger partial charge in [-0.3, -0.25) is 14.4 Å². The van der Waals surface area contributed by atoms with Gasteiger partial charge in [-0.25, -0.2) is 4.98 Å². The quantitative estimate of drug-likeness (QED) is 0.377. The van der Waals surface area contributed by atoms with Gasteiger partial charge in [-0.15, -0.1) is 17.9 Å². The fourth-order valence-electron chi connectivity index (χ4n) is 3.79. The van der Waals surface area contributed by atoms with Gasteiger partial charge in [-0.05, 0) is 33.7 Å². The molecule has 0 fully saturated rings. The van der Waals surface area contributed by atoms with Gasteiger partial charge in [-0.2, -0.15) is 5.10 Å². The third-order valence-electron chi connectivity index (χ3n) is 5.41. The summed E-state index contributed by atoms with van der Waals surface area (Å²) in [6, 6.07) is 8.72. The van der Waals surface area contributed by atoms with Crippen molar-refractivity contribution in [3.63, 3.8) is 0 Å². The van der Waals surface area contributed by atoms with E-state index in [2.05, 4.69) is 73.9 Å². The number of thiazole rings is 1. The van der Waals surface area contributed by atoms with Crippen LogP contribution in [0.1, 0.15) is 44.5 Å². The van der Waals surface area contributed by atoms with Gasteiger partial charge in [-0.1, -0.05) is 42.8 Å². The number of carbonyl (C=O) groups is 1. The molecule has 176 valence electrons. The molecule has 0 saturated heterocycles. The monoisotopic (exact) mass is 465 g/mol. The predicted molar refractivity (Wildman–Crippen MR) is 138 cm³/mol. The second-order valence-corrected chi connectivity index (χ2v) is 9.43. The Hall–Kier alpha value is -2.77. The number of rotatable bonds is 12. The predicted octanol–water partition coefficient (Wildman–Crippen LogP) is 5.12. The Kier molecular flexibility index (Phi) is 8.97. The van der Waals surface area contributed by atoms with Crippen LogP contribution < -0.4 is 5.32 Å². The standard InChI is InChI=1S/C26H35N5OS/c1-6-13-30(14-7-2)15-12-27-24(32)16-22-18-33-26(29-22)23-17-28-31(19(3)4)25(23)21-10-8-20(5)9-11-21/h6,8-11,17-19H,1,7,12-16H2,2-5H3,(H,27,32). The van der Waals surface area contributed by atoms with Crippen LogP contribution in [0.25, 0.3) is 21.8 Å². The highest BCUT2D eigenvalue weighted by Crippen LogP contribution is 2.35. The first-order chi connectivity index (χ1) is 15.9. The van der Waals surface area contributed by atoms with Crippen molar-refractivity contribution >= 4 is 17.2 Å². The minimum absolute atomic E-state index is 0.00136. The van der Waals surface area contributed by atoms with Crippen molar-refractivity contribution in [2.24, 2.45) is 0 Å². The summed E-state index contributed by atoms with van der Waals surface area (Å²) in [7, 11) is 0. The molecule has 3 aromatic rings. The molecule has 7 heteroatoms. The number of carbonyl (C=O) groups excluding carboxylic acids is 1. The Morgan fingerprint density at radius 2 is 2.03 bits per heavy atom. The maximum atomic E-state index is 12.5. The second-order valence-electron chi connectivity index (χ2n) is 8.57. The maximum absolute atomic E-state index is 12.5. The molecule has 1 aromatic carbocycles. The van der Waals surface area contributed by atoms with E-state index in [1.807, 2.05) is 22.3 Å². The highest BCUT2D eigenvalue weighted by molar-refractivity contribution is 7.13. The van der Waals surface area contributed by atoms with Crippen LogP contribution in [0, 0.1) is 6.92 Å². The van der Waals surface area contributed by atoms with Crippen LogP contribution in [0.4, 0.5) is 0 Å². The number of benzene rings is 1. The molecule has 0 atom stereocenters. The maximum Gasteiger partial charge on any atom is 0.226 e. The lowest BCUT2D eigenvalue weighted by molar-refractivity contribution is -0.120. The topological polar surface area (TPSA) is 63.1 Å². The van der Waals surface area contributed by atoms with E-state index in [1.165, 1.54) is 5.56 Å². The van der Waals surface area contributed by atoms with E-state index in [4.69, 9.17) is 4.98 Å². The lowest BCUT2D eigenvalue weighted by Crippen LogP contribution is -2.36. The molecular weight excluding hydrogens is 430 g/mol. The molecule has 1 amide bonds. The molecule has 0 bridgehead atoms. The fourth-order valence-corrected chi connectivity index (χ4v) is 4.62. The summed E-state index contributed by atoms with van der Waals surface area (Å²) in [4.78, 5) is 19.5. The van der Waals surface area contributed by atoms with Gasteiger partial charge in [0.05, 0.1) is 29.6 Å². The third-order valence-corrected chi connectivity index (χ3v) is 6.34. The Morgan fingerprint density at radius 3 is 2.70 bits per heavy atom. The van der Waals surface area contributed by atoms with E-state index >= 15 is 0 Å². The van der Waals surface area contributed by atoms with Crippen LogP contribution in [-0.4, -0.2) is 51.8 Å². The van der Waals surface area contributed by atoms with E-state index in [1.54, 1.807) is 11.3 Å². The lowest BCUT2D eigenvalue weighted by Gasteiger charge is -2.19. The van der Waals surface area contributed by atoms with Gasteiger partial charge in [0.15, 0.2) is 0 Å². The molecule has 2 heterocycles. The summed E-state index contributed by atoms with van der Waals surface area (Å²) >= 11 is 1.56. The van der Waals surface area contributed by atoms with Crippen molar-refractivity contribution in [1.82, 2.24) is 25.0 Å². The largest absolute Gasteiger partial charge is 0.354 e. The summed E-state index contributed by atoms with van der Waals surface area (Å²) in [5, 5.41) is 10.5. The summed E-state index contributed by atoms with van der Waals surface area (Å²) in [5.74, 6) is -0.00136. The van der Waals surface area contributed by atoms with Crippen molar-refractivity contribution in [1.29, 1.82) is 0 Å². The smallest absolute Gasteiger partial charge is 0.226 e. The van der Waals surface area contributed by atoms with Gasteiger partial charge in [0.1, 0.15) is 5.01 Å². The zero-order chi connectivity index (χ0) is 23.8. The summed E-state index contributed by atoms with van der Waals surface area (Å²) in [6.45, 7) is 15.6. The molecule has 0 spiro atoms. The number of aromatic nitrogens is 3. The zero-order valence-corrected chi connectivity index (χ0v) is 21.0. The van der Waals surface area contributed by atoms with Crippen LogP contribution in [0.2, 0.25) is 0 Å². The minimum atomic E-state index is -0.00136. The van der Waals surface area contributed by atoms with Gasteiger partial charge in [0.25, 0.3) is 0 Å². The molecule has 0 aliphatic heterocycles. The number of aryl methyl sites for hydroxylation is 1. The van der Waals surface area contributed by atoms with Crippen molar-refractivity contribution in [3.8, 4) is 21.8 Å². The first kappa shape index (κ1) is 24.9. The van der Waals surface area contributed by atoms with E-state index in [-0.39, 0.29) is 18.4 Å². The highest BCUT2D eigenvalue weighted by Gasteiger charge is 2.19. The molecular formula is C26H35N5OS. The molecule has 0 radical (unpaired) electrons. The summed E-state index contributed by atoms with van der Waals surface area (Å²) in [5.41, 5.74) is 5.20. The first-order valence-electron chi connectivity index (χ1n) is 11.6. The highest BCUT2D eigenvalue weighted by atomic mass is 32.1. The average molecular weight is 466 g/mol. The van der Waals surface area contributed by atoms with E-state index < -0.39 is 0 Å². The third kappa shape index (κ3) is 6.62. The van der Waals surface area contributed by atoms with Crippen LogP contribution in [-0.2, 0) is 11.2 Å². The van der Waals surface area contributed by atoms with E-state index in [9.17, 15) is 4.79 Å². The van der Waals surface area contributed by atoms with Crippen LogP contribution in [0.5, 0.6) is 0 Å². The van der Waals surface area contributed by atoms with E-state index in [0.717, 1.165) is 53.6 Å². The second kappa shape index (κ2) is 11.9. The van der Waals surface area contributed by atoms with Crippen LogP contribution in [0.15, 0.2) is 48.5 Å². The lowest BCUT2D eigenvalue weighted by atomic mass is 10.1. The van der Waals surface area contributed by atoms with Gasteiger partial charge in [0.2, 0.25) is 5.91 Å². The molecule has 0 unspecified atom stereocenters. The fraction of sp³-hybridized carbons (Fsp3) is 0.423. The zero-order valence-electron chi connectivity index (χ0n) is 20.2. The molecule has 0 saturated carbocycles. The molecule has 0 aliphatic carbocycles. The van der Waals surface area contributed by atoms with Crippen LogP contribution >= 0.6 is 11.3 Å². The normalized spacial score (nSPS) is 11.3. The van der Waals surface area contributed by atoms with Gasteiger partial charge in [0, 0.05) is 36.6 Å². The van der Waals surface area contributed by atoms with Crippen LogP contribution in [0.3, 0.4) is 0 Å². The van der Waals surface area contributed by atoms with Crippen molar-refractivity contribution in [2.75, 3.05) is 26.2 Å². The Morgan fingerprint density at radius 1 is 1.27 bits per heavy atom. The molecule has 6 nitrogen and oxygen atoms in total. The molecule has 2 aromatic heterocycles. The summed E-state index contributed by atoms with van der Waals surface area (Å²) < 4.78 is 2.04. The Labute approximate surface area is 201 Å². The minimum Gasteiger partial charge on any atom is -0.354 e. The first-order valence-corrected chi connectivity index (χ1v) is 12.5. The number of hydrogen-bond acceptors (Lipinski definition) is 5. The Bertz CT molecular complexity index is 1050. The average Bonchev–Trinajstić information content (AvgIpc) is 3.41. The summed E-state index contributed by atoms with van der Waals surface area (Å²) in [6.07, 6.45) is 5.16. The Balaban J connectivity index is 1.69. The number of nitrogens with zero attached hydrogens (tertiary/aromatic N) is 4. The van der Waals surface area contributed by atoms with E-state index in [0.29, 0.717) is 6.54 Å². The van der Waals surface area contributed by atoms with Crippen molar-refractivity contribution in [3.05, 3.63) is 59.8 Å². The molecule has 1 N–H and O–H groups in total. The van der Waals surface area contributed by atoms with Crippen molar-refractivity contribution in [2.45, 2.75) is 46.6 Å². The molecule has 0 aliphatic rings. The SMILES string of the molecule is C=CCN(CCC)CCNC(=O)Cc1csc(-c2cnn(C(C)C)c2-c2ccc(C)cc2)n1. The number of nitrogens with one attached hydrogen (secondary N) is 1. The van der Waals surface area contributed by atoms with Crippen molar-refractivity contribution < 1.29 is 4.79 Å². The number of hydrogen-bond donors (Lipinski definition) is 1. The van der Waals surface area contributed by atoms with Gasteiger partial charge >= 0.3 is 0 Å².